The number of hydrogen-bond acceptors (Lipinski definition) is 2. The Morgan fingerprint density at radius 2 is 1.95 bits per heavy atom. The number of rotatable bonds is 6. The van der Waals surface area contributed by atoms with Crippen LogP contribution in [0, 0.1) is 0 Å². The molecule has 1 aliphatic carbocycles. The number of unbranched alkanes of at least 4 members (excludes halogenated alkanes) is 1. The summed E-state index contributed by atoms with van der Waals surface area (Å²) in [6.07, 6.45) is 8.17. The van der Waals surface area contributed by atoms with Crippen LogP contribution in [-0.4, -0.2) is 12.0 Å². The van der Waals surface area contributed by atoms with E-state index in [0.29, 0.717) is 5.56 Å². The third-order valence-corrected chi connectivity index (χ3v) is 3.66. The van der Waals surface area contributed by atoms with Crippen LogP contribution in [0.1, 0.15) is 61.4 Å². The van der Waals surface area contributed by atoms with Crippen molar-refractivity contribution in [1.82, 2.24) is 5.48 Å². The van der Waals surface area contributed by atoms with Crippen molar-refractivity contribution in [1.29, 1.82) is 0 Å². The first-order valence-electron chi connectivity index (χ1n) is 7.34. The van der Waals surface area contributed by atoms with Gasteiger partial charge in [0.05, 0.1) is 6.10 Å². The molecule has 19 heavy (non-hydrogen) atoms. The zero-order valence-corrected chi connectivity index (χ0v) is 11.7. The van der Waals surface area contributed by atoms with Crippen molar-refractivity contribution < 1.29 is 9.63 Å². The van der Waals surface area contributed by atoms with Crippen LogP contribution in [0.4, 0.5) is 0 Å². The van der Waals surface area contributed by atoms with Gasteiger partial charge in [0.1, 0.15) is 0 Å². The average Bonchev–Trinajstić information content (AvgIpc) is 2.96. The molecule has 1 aromatic carbocycles. The molecule has 0 heterocycles. The summed E-state index contributed by atoms with van der Waals surface area (Å²) in [5, 5.41) is 0. The Labute approximate surface area is 115 Å². The third kappa shape index (κ3) is 4.35. The molecule has 1 aliphatic rings. The van der Waals surface area contributed by atoms with Gasteiger partial charge in [0.2, 0.25) is 0 Å². The molecule has 0 saturated heterocycles. The zero-order chi connectivity index (χ0) is 13.5. The standard InChI is InChI=1S/C16H23NO2/c1-2-3-6-13-9-11-14(12-10-13)16(18)17-19-15-7-4-5-8-15/h9-12,15H,2-8H2,1H3,(H,17,18). The lowest BCUT2D eigenvalue weighted by molar-refractivity contribution is -0.0124. The minimum atomic E-state index is -0.144. The highest BCUT2D eigenvalue weighted by Gasteiger charge is 2.17. The minimum absolute atomic E-state index is 0.144. The van der Waals surface area contributed by atoms with E-state index in [4.69, 9.17) is 4.84 Å². The van der Waals surface area contributed by atoms with Gasteiger partial charge in [-0.1, -0.05) is 38.3 Å². The van der Waals surface area contributed by atoms with E-state index >= 15 is 0 Å². The summed E-state index contributed by atoms with van der Waals surface area (Å²) < 4.78 is 0. The fraction of sp³-hybridized carbons (Fsp3) is 0.562. The van der Waals surface area contributed by atoms with Gasteiger partial charge in [-0.2, -0.15) is 0 Å². The summed E-state index contributed by atoms with van der Waals surface area (Å²) in [4.78, 5) is 17.3. The van der Waals surface area contributed by atoms with Crippen molar-refractivity contribution >= 4 is 5.91 Å². The Morgan fingerprint density at radius 1 is 1.26 bits per heavy atom. The lowest BCUT2D eigenvalue weighted by atomic mass is 10.1. The van der Waals surface area contributed by atoms with E-state index in [9.17, 15) is 4.79 Å². The fourth-order valence-electron chi connectivity index (χ4n) is 2.41. The maximum atomic E-state index is 11.9. The highest BCUT2D eigenvalue weighted by atomic mass is 16.7. The van der Waals surface area contributed by atoms with Crippen LogP contribution in [0.5, 0.6) is 0 Å². The summed E-state index contributed by atoms with van der Waals surface area (Å²) in [7, 11) is 0. The number of aryl methyl sites for hydroxylation is 1. The van der Waals surface area contributed by atoms with Crippen LogP contribution in [0.15, 0.2) is 24.3 Å². The molecule has 3 nitrogen and oxygen atoms in total. The second-order valence-corrected chi connectivity index (χ2v) is 5.26. The first-order chi connectivity index (χ1) is 9.29. The van der Waals surface area contributed by atoms with Gasteiger partial charge in [0.25, 0.3) is 5.91 Å². The molecule has 1 N–H and O–H groups in total. The molecule has 1 aromatic rings. The Bertz CT molecular complexity index is 394. The maximum Gasteiger partial charge on any atom is 0.274 e. The van der Waals surface area contributed by atoms with E-state index in [1.54, 1.807) is 0 Å². The third-order valence-electron chi connectivity index (χ3n) is 3.66. The number of carbonyl (C=O) groups is 1. The molecule has 0 bridgehead atoms. The summed E-state index contributed by atoms with van der Waals surface area (Å²) >= 11 is 0. The topological polar surface area (TPSA) is 38.3 Å². The second-order valence-electron chi connectivity index (χ2n) is 5.26. The number of amides is 1. The molecule has 1 amide bonds. The Morgan fingerprint density at radius 3 is 2.58 bits per heavy atom. The smallest absolute Gasteiger partial charge is 0.270 e. The number of hydrogen-bond donors (Lipinski definition) is 1. The molecule has 1 fully saturated rings. The van der Waals surface area contributed by atoms with Crippen molar-refractivity contribution in [3.8, 4) is 0 Å². The van der Waals surface area contributed by atoms with Gasteiger partial charge >= 0.3 is 0 Å². The van der Waals surface area contributed by atoms with E-state index in [2.05, 4.69) is 12.4 Å². The predicted molar refractivity (Wildman–Crippen MR) is 75.9 cm³/mol. The van der Waals surface area contributed by atoms with Gasteiger partial charge in [-0.05, 0) is 43.4 Å². The molecule has 104 valence electrons. The Balaban J connectivity index is 1.81. The van der Waals surface area contributed by atoms with Gasteiger partial charge in [-0.25, -0.2) is 5.48 Å². The van der Waals surface area contributed by atoms with E-state index in [-0.39, 0.29) is 12.0 Å². The normalized spacial score (nSPS) is 15.6. The SMILES string of the molecule is CCCCc1ccc(C(=O)NOC2CCCC2)cc1. The molecule has 1 saturated carbocycles. The van der Waals surface area contributed by atoms with Crippen molar-refractivity contribution in [2.75, 3.05) is 0 Å². The van der Waals surface area contributed by atoms with Crippen LogP contribution in [0.2, 0.25) is 0 Å². The van der Waals surface area contributed by atoms with Gasteiger partial charge in [-0.3, -0.25) is 9.63 Å². The van der Waals surface area contributed by atoms with Crippen molar-refractivity contribution in [3.05, 3.63) is 35.4 Å². The number of benzene rings is 1. The van der Waals surface area contributed by atoms with Gasteiger partial charge in [0.15, 0.2) is 0 Å². The highest BCUT2D eigenvalue weighted by molar-refractivity contribution is 5.93. The highest BCUT2D eigenvalue weighted by Crippen LogP contribution is 2.20. The summed E-state index contributed by atoms with van der Waals surface area (Å²) in [6, 6.07) is 7.80. The molecule has 0 unspecified atom stereocenters. The van der Waals surface area contributed by atoms with E-state index in [0.717, 1.165) is 19.3 Å². The van der Waals surface area contributed by atoms with Crippen molar-refractivity contribution in [2.24, 2.45) is 0 Å². The van der Waals surface area contributed by atoms with E-state index < -0.39 is 0 Å². The molecule has 3 heteroatoms. The monoisotopic (exact) mass is 261 g/mol. The zero-order valence-electron chi connectivity index (χ0n) is 11.7. The first-order valence-corrected chi connectivity index (χ1v) is 7.34. The van der Waals surface area contributed by atoms with Crippen molar-refractivity contribution in [2.45, 2.75) is 58.0 Å². The quantitative estimate of drug-likeness (QED) is 0.794. The van der Waals surface area contributed by atoms with Crippen LogP contribution in [0.25, 0.3) is 0 Å². The Hall–Kier alpha value is -1.35. The number of carbonyl (C=O) groups excluding carboxylic acids is 1. The molecular weight excluding hydrogens is 238 g/mol. The van der Waals surface area contributed by atoms with Gasteiger partial charge in [-0.15, -0.1) is 0 Å². The molecule has 0 atom stereocenters. The van der Waals surface area contributed by atoms with Crippen LogP contribution >= 0.6 is 0 Å². The summed E-state index contributed by atoms with van der Waals surface area (Å²) in [5.74, 6) is -0.144. The number of hydroxylamine groups is 1. The predicted octanol–water partition coefficient (Wildman–Crippen LogP) is 3.63. The summed E-state index contributed by atoms with van der Waals surface area (Å²) in [5.41, 5.74) is 4.52. The van der Waals surface area contributed by atoms with Gasteiger partial charge in [0, 0.05) is 5.56 Å². The molecule has 0 spiro atoms. The van der Waals surface area contributed by atoms with Gasteiger partial charge < -0.3 is 0 Å². The maximum absolute atomic E-state index is 11.9. The fourth-order valence-corrected chi connectivity index (χ4v) is 2.41. The largest absolute Gasteiger partial charge is 0.274 e. The first kappa shape index (κ1) is 14.1. The molecule has 0 radical (unpaired) electrons. The molecular formula is C16H23NO2. The summed E-state index contributed by atoms with van der Waals surface area (Å²) in [6.45, 7) is 2.18. The second kappa shape index (κ2) is 7.29. The van der Waals surface area contributed by atoms with Crippen LogP contribution in [0.3, 0.4) is 0 Å². The number of nitrogens with one attached hydrogen (secondary N) is 1. The molecule has 0 aliphatic heterocycles. The van der Waals surface area contributed by atoms with Crippen molar-refractivity contribution in [3.63, 3.8) is 0 Å². The molecule has 0 aromatic heterocycles. The van der Waals surface area contributed by atoms with E-state index in [1.807, 2.05) is 24.3 Å². The lowest BCUT2D eigenvalue weighted by Crippen LogP contribution is -2.28. The molecule has 2 rings (SSSR count). The van der Waals surface area contributed by atoms with Crippen LogP contribution < -0.4 is 5.48 Å². The Kier molecular flexibility index (Phi) is 5.40. The van der Waals surface area contributed by atoms with E-state index in [1.165, 1.54) is 31.2 Å². The average molecular weight is 261 g/mol. The minimum Gasteiger partial charge on any atom is -0.270 e. The van der Waals surface area contributed by atoms with Crippen LogP contribution in [-0.2, 0) is 11.3 Å². The lowest BCUT2D eigenvalue weighted by Gasteiger charge is -2.11.